The molecule has 0 bridgehead atoms. The Balaban J connectivity index is 2.35. The summed E-state index contributed by atoms with van der Waals surface area (Å²) in [4.78, 5) is 2.36. The number of rotatable bonds is 3. The van der Waals surface area contributed by atoms with Crippen molar-refractivity contribution in [3.8, 4) is 0 Å². The van der Waals surface area contributed by atoms with Crippen LogP contribution >= 0.6 is 0 Å². The van der Waals surface area contributed by atoms with E-state index in [-0.39, 0.29) is 6.10 Å². The summed E-state index contributed by atoms with van der Waals surface area (Å²) in [6, 6.07) is 0.466. The Morgan fingerprint density at radius 3 is 2.67 bits per heavy atom. The monoisotopic (exact) mass is 172 g/mol. The highest BCUT2D eigenvalue weighted by Crippen LogP contribution is 2.20. The van der Waals surface area contributed by atoms with Crippen molar-refractivity contribution in [2.75, 3.05) is 19.6 Å². The highest BCUT2D eigenvalue weighted by molar-refractivity contribution is 4.82. The maximum atomic E-state index is 9.37. The molecule has 0 aromatic heterocycles. The SMILES string of the molecule is CC(O)C1CCN(C(C)CN)C1. The maximum Gasteiger partial charge on any atom is 0.0552 e. The van der Waals surface area contributed by atoms with Gasteiger partial charge in [0.1, 0.15) is 0 Å². The number of likely N-dealkylation sites (tertiary alicyclic amines) is 1. The fourth-order valence-electron chi connectivity index (χ4n) is 1.76. The molecule has 0 saturated carbocycles. The molecule has 0 aromatic rings. The van der Waals surface area contributed by atoms with Crippen LogP contribution in [0.1, 0.15) is 20.3 Å². The van der Waals surface area contributed by atoms with Gasteiger partial charge in [-0.2, -0.15) is 0 Å². The normalized spacial score (nSPS) is 30.5. The minimum absolute atomic E-state index is 0.167. The van der Waals surface area contributed by atoms with E-state index in [4.69, 9.17) is 5.73 Å². The number of nitrogens with zero attached hydrogens (tertiary/aromatic N) is 1. The minimum atomic E-state index is -0.167. The average molecular weight is 172 g/mol. The predicted molar refractivity (Wildman–Crippen MR) is 49.9 cm³/mol. The molecule has 1 rings (SSSR count). The number of aliphatic hydroxyl groups is 1. The number of hydrogen-bond donors (Lipinski definition) is 2. The zero-order valence-corrected chi connectivity index (χ0v) is 8.03. The van der Waals surface area contributed by atoms with E-state index in [1.807, 2.05) is 6.92 Å². The van der Waals surface area contributed by atoms with Crippen LogP contribution in [0.15, 0.2) is 0 Å². The summed E-state index contributed by atoms with van der Waals surface area (Å²) in [6.45, 7) is 6.84. The largest absolute Gasteiger partial charge is 0.393 e. The van der Waals surface area contributed by atoms with Gasteiger partial charge in [-0.05, 0) is 32.7 Å². The van der Waals surface area contributed by atoms with Gasteiger partial charge in [0.2, 0.25) is 0 Å². The Hall–Kier alpha value is -0.120. The third-order valence-corrected chi connectivity index (χ3v) is 2.90. The second kappa shape index (κ2) is 4.21. The molecule has 0 spiro atoms. The first-order valence-corrected chi connectivity index (χ1v) is 4.77. The van der Waals surface area contributed by atoms with E-state index in [1.54, 1.807) is 0 Å². The standard InChI is InChI=1S/C9H20N2O/c1-7(5-10)11-4-3-9(6-11)8(2)12/h7-9,12H,3-6,10H2,1-2H3. The lowest BCUT2D eigenvalue weighted by atomic mass is 10.0. The van der Waals surface area contributed by atoms with Crippen LogP contribution in [0.25, 0.3) is 0 Å². The van der Waals surface area contributed by atoms with Crippen molar-refractivity contribution in [3.05, 3.63) is 0 Å². The topological polar surface area (TPSA) is 49.5 Å². The lowest BCUT2D eigenvalue weighted by Gasteiger charge is -2.23. The maximum absolute atomic E-state index is 9.37. The van der Waals surface area contributed by atoms with Gasteiger partial charge < -0.3 is 10.8 Å². The van der Waals surface area contributed by atoms with Crippen LogP contribution < -0.4 is 5.73 Å². The van der Waals surface area contributed by atoms with Gasteiger partial charge in [-0.1, -0.05) is 0 Å². The summed E-state index contributed by atoms with van der Waals surface area (Å²) in [6.07, 6.45) is 0.946. The molecule has 0 radical (unpaired) electrons. The Labute approximate surface area is 74.5 Å². The van der Waals surface area contributed by atoms with Crippen molar-refractivity contribution >= 4 is 0 Å². The molecule has 3 unspecified atom stereocenters. The molecular formula is C9H20N2O. The summed E-state index contributed by atoms with van der Waals surface area (Å²) in [7, 11) is 0. The summed E-state index contributed by atoms with van der Waals surface area (Å²) >= 11 is 0. The van der Waals surface area contributed by atoms with Gasteiger partial charge in [-0.15, -0.1) is 0 Å². The fourth-order valence-corrected chi connectivity index (χ4v) is 1.76. The molecule has 3 atom stereocenters. The van der Waals surface area contributed by atoms with E-state index >= 15 is 0 Å². The van der Waals surface area contributed by atoms with E-state index in [0.717, 1.165) is 19.5 Å². The minimum Gasteiger partial charge on any atom is -0.393 e. The fraction of sp³-hybridized carbons (Fsp3) is 1.00. The van der Waals surface area contributed by atoms with Crippen LogP contribution in [-0.4, -0.2) is 41.8 Å². The van der Waals surface area contributed by atoms with Crippen LogP contribution in [0.5, 0.6) is 0 Å². The molecule has 1 heterocycles. The Morgan fingerprint density at radius 2 is 2.25 bits per heavy atom. The molecule has 1 aliphatic heterocycles. The smallest absolute Gasteiger partial charge is 0.0552 e. The molecule has 72 valence electrons. The van der Waals surface area contributed by atoms with E-state index in [1.165, 1.54) is 0 Å². The Kier molecular flexibility index (Phi) is 3.50. The van der Waals surface area contributed by atoms with Gasteiger partial charge >= 0.3 is 0 Å². The average Bonchev–Trinajstić information content (AvgIpc) is 2.51. The van der Waals surface area contributed by atoms with Crippen LogP contribution in [0, 0.1) is 5.92 Å². The highest BCUT2D eigenvalue weighted by Gasteiger charge is 2.27. The van der Waals surface area contributed by atoms with Crippen LogP contribution in [0.2, 0.25) is 0 Å². The zero-order valence-electron chi connectivity index (χ0n) is 8.03. The molecule has 1 fully saturated rings. The molecule has 1 saturated heterocycles. The molecule has 12 heavy (non-hydrogen) atoms. The first-order chi connectivity index (χ1) is 5.65. The molecule has 0 aromatic carbocycles. The van der Waals surface area contributed by atoms with Gasteiger partial charge in [0, 0.05) is 19.1 Å². The summed E-state index contributed by atoms with van der Waals surface area (Å²) < 4.78 is 0. The van der Waals surface area contributed by atoms with Crippen molar-refractivity contribution in [2.24, 2.45) is 11.7 Å². The van der Waals surface area contributed by atoms with Crippen LogP contribution in [0.3, 0.4) is 0 Å². The van der Waals surface area contributed by atoms with E-state index in [2.05, 4.69) is 11.8 Å². The Bertz CT molecular complexity index is 138. The van der Waals surface area contributed by atoms with E-state index in [0.29, 0.717) is 18.5 Å². The second-order valence-electron chi connectivity index (χ2n) is 3.87. The van der Waals surface area contributed by atoms with Gasteiger partial charge in [-0.25, -0.2) is 0 Å². The molecule has 0 amide bonds. The summed E-state index contributed by atoms with van der Waals surface area (Å²) in [5, 5.41) is 9.37. The Morgan fingerprint density at radius 1 is 1.58 bits per heavy atom. The van der Waals surface area contributed by atoms with Crippen molar-refractivity contribution in [3.63, 3.8) is 0 Å². The van der Waals surface area contributed by atoms with Crippen LogP contribution in [-0.2, 0) is 0 Å². The first-order valence-electron chi connectivity index (χ1n) is 4.77. The van der Waals surface area contributed by atoms with Gasteiger partial charge in [0.15, 0.2) is 0 Å². The molecule has 3 N–H and O–H groups in total. The molecule has 1 aliphatic rings. The lowest BCUT2D eigenvalue weighted by molar-refractivity contribution is 0.123. The summed E-state index contributed by atoms with van der Waals surface area (Å²) in [5.74, 6) is 0.457. The quantitative estimate of drug-likeness (QED) is 0.632. The van der Waals surface area contributed by atoms with E-state index in [9.17, 15) is 5.11 Å². The highest BCUT2D eigenvalue weighted by atomic mass is 16.3. The summed E-state index contributed by atoms with van der Waals surface area (Å²) in [5.41, 5.74) is 5.57. The second-order valence-corrected chi connectivity index (χ2v) is 3.87. The first kappa shape index (κ1) is 9.96. The third kappa shape index (κ3) is 2.19. The number of aliphatic hydroxyl groups excluding tert-OH is 1. The zero-order chi connectivity index (χ0) is 9.14. The van der Waals surface area contributed by atoms with Gasteiger partial charge in [0.05, 0.1) is 6.10 Å². The van der Waals surface area contributed by atoms with Crippen molar-refractivity contribution < 1.29 is 5.11 Å². The number of nitrogens with two attached hydrogens (primary N) is 1. The molecule has 0 aliphatic carbocycles. The van der Waals surface area contributed by atoms with Crippen LogP contribution in [0.4, 0.5) is 0 Å². The molecule has 3 nitrogen and oxygen atoms in total. The lowest BCUT2D eigenvalue weighted by Crippen LogP contribution is -2.37. The molecular weight excluding hydrogens is 152 g/mol. The predicted octanol–water partition coefficient (Wildman–Crippen LogP) is 0.0363. The third-order valence-electron chi connectivity index (χ3n) is 2.90. The van der Waals surface area contributed by atoms with Crippen molar-refractivity contribution in [1.29, 1.82) is 0 Å². The van der Waals surface area contributed by atoms with Crippen molar-refractivity contribution in [1.82, 2.24) is 4.90 Å². The number of hydrogen-bond acceptors (Lipinski definition) is 3. The van der Waals surface area contributed by atoms with Gasteiger partial charge in [-0.3, -0.25) is 4.90 Å². The van der Waals surface area contributed by atoms with Crippen molar-refractivity contribution in [2.45, 2.75) is 32.4 Å². The van der Waals surface area contributed by atoms with Gasteiger partial charge in [0.25, 0.3) is 0 Å². The van der Waals surface area contributed by atoms with E-state index < -0.39 is 0 Å². The molecule has 3 heteroatoms.